The SMILES string of the molecule is CC(C)CNCC1CN(CC(C)C)C1. The molecule has 0 atom stereocenters. The zero-order valence-electron chi connectivity index (χ0n) is 10.2. The Bertz CT molecular complexity index is 146. The molecule has 0 aromatic carbocycles. The summed E-state index contributed by atoms with van der Waals surface area (Å²) in [4.78, 5) is 2.56. The lowest BCUT2D eigenvalue weighted by Crippen LogP contribution is -2.51. The third-order valence-corrected chi connectivity index (χ3v) is 2.64. The fourth-order valence-electron chi connectivity index (χ4n) is 2.05. The Balaban J connectivity index is 1.94. The first-order valence-electron chi connectivity index (χ1n) is 6.01. The van der Waals surface area contributed by atoms with Gasteiger partial charge < -0.3 is 10.2 Å². The maximum Gasteiger partial charge on any atom is 0.00343 e. The van der Waals surface area contributed by atoms with Gasteiger partial charge in [0, 0.05) is 26.2 Å². The molecule has 0 aromatic rings. The molecule has 1 N–H and O–H groups in total. The first kappa shape index (κ1) is 12.0. The summed E-state index contributed by atoms with van der Waals surface area (Å²) in [7, 11) is 0. The van der Waals surface area contributed by atoms with Crippen molar-refractivity contribution >= 4 is 0 Å². The quantitative estimate of drug-likeness (QED) is 0.700. The van der Waals surface area contributed by atoms with Gasteiger partial charge in [-0.15, -0.1) is 0 Å². The second-order valence-corrected chi connectivity index (χ2v) is 5.53. The van der Waals surface area contributed by atoms with E-state index in [2.05, 4.69) is 37.9 Å². The summed E-state index contributed by atoms with van der Waals surface area (Å²) in [6.07, 6.45) is 0. The van der Waals surface area contributed by atoms with Gasteiger partial charge in [-0.3, -0.25) is 0 Å². The van der Waals surface area contributed by atoms with Crippen molar-refractivity contribution in [3.05, 3.63) is 0 Å². The summed E-state index contributed by atoms with van der Waals surface area (Å²) in [5, 5.41) is 3.53. The molecule has 0 unspecified atom stereocenters. The fourth-order valence-corrected chi connectivity index (χ4v) is 2.05. The van der Waals surface area contributed by atoms with Gasteiger partial charge in [0.1, 0.15) is 0 Å². The van der Waals surface area contributed by atoms with Crippen molar-refractivity contribution in [2.24, 2.45) is 17.8 Å². The number of hydrogen-bond donors (Lipinski definition) is 1. The number of likely N-dealkylation sites (tertiary alicyclic amines) is 1. The van der Waals surface area contributed by atoms with E-state index in [-0.39, 0.29) is 0 Å². The smallest absolute Gasteiger partial charge is 0.00343 e. The Labute approximate surface area is 89.1 Å². The molecule has 1 aliphatic heterocycles. The van der Waals surface area contributed by atoms with Crippen molar-refractivity contribution in [2.45, 2.75) is 27.7 Å². The topological polar surface area (TPSA) is 15.3 Å². The van der Waals surface area contributed by atoms with Crippen molar-refractivity contribution in [1.82, 2.24) is 10.2 Å². The van der Waals surface area contributed by atoms with E-state index < -0.39 is 0 Å². The lowest BCUT2D eigenvalue weighted by atomic mass is 9.98. The van der Waals surface area contributed by atoms with Gasteiger partial charge in [-0.25, -0.2) is 0 Å². The van der Waals surface area contributed by atoms with Crippen LogP contribution in [-0.4, -0.2) is 37.6 Å². The highest BCUT2D eigenvalue weighted by atomic mass is 15.2. The van der Waals surface area contributed by atoms with Gasteiger partial charge in [-0.2, -0.15) is 0 Å². The van der Waals surface area contributed by atoms with Crippen LogP contribution in [0.15, 0.2) is 0 Å². The molecule has 1 aliphatic rings. The Kier molecular flexibility index (Phi) is 4.90. The van der Waals surface area contributed by atoms with Gasteiger partial charge in [0.05, 0.1) is 0 Å². The minimum atomic E-state index is 0.779. The molecule has 84 valence electrons. The second-order valence-electron chi connectivity index (χ2n) is 5.53. The summed E-state index contributed by atoms with van der Waals surface area (Å²) in [6.45, 7) is 15.4. The highest BCUT2D eigenvalue weighted by molar-refractivity contribution is 4.81. The van der Waals surface area contributed by atoms with Gasteiger partial charge >= 0.3 is 0 Å². The van der Waals surface area contributed by atoms with E-state index >= 15 is 0 Å². The van der Waals surface area contributed by atoms with Crippen LogP contribution in [0.25, 0.3) is 0 Å². The average Bonchev–Trinajstić information content (AvgIpc) is 1.98. The second kappa shape index (κ2) is 5.72. The van der Waals surface area contributed by atoms with Crippen molar-refractivity contribution in [3.8, 4) is 0 Å². The van der Waals surface area contributed by atoms with Gasteiger partial charge in [-0.05, 0) is 24.3 Å². The fraction of sp³-hybridized carbons (Fsp3) is 1.00. The molecule has 0 bridgehead atoms. The van der Waals surface area contributed by atoms with Crippen LogP contribution in [0.2, 0.25) is 0 Å². The van der Waals surface area contributed by atoms with E-state index in [9.17, 15) is 0 Å². The zero-order chi connectivity index (χ0) is 10.6. The molecule has 1 heterocycles. The van der Waals surface area contributed by atoms with Crippen molar-refractivity contribution in [3.63, 3.8) is 0 Å². The largest absolute Gasteiger partial charge is 0.316 e. The molecule has 0 spiro atoms. The minimum absolute atomic E-state index is 0.779. The molecule has 0 amide bonds. The first-order chi connectivity index (χ1) is 6.58. The van der Waals surface area contributed by atoms with Crippen molar-refractivity contribution in [2.75, 3.05) is 32.7 Å². The molecular formula is C12H26N2. The number of rotatable bonds is 6. The van der Waals surface area contributed by atoms with Crippen LogP contribution in [0.5, 0.6) is 0 Å². The van der Waals surface area contributed by atoms with Crippen LogP contribution in [-0.2, 0) is 0 Å². The Morgan fingerprint density at radius 1 is 1.14 bits per heavy atom. The molecule has 14 heavy (non-hydrogen) atoms. The van der Waals surface area contributed by atoms with E-state index in [1.54, 1.807) is 0 Å². The highest BCUT2D eigenvalue weighted by Crippen LogP contribution is 2.15. The van der Waals surface area contributed by atoms with Crippen molar-refractivity contribution in [1.29, 1.82) is 0 Å². The van der Waals surface area contributed by atoms with Crippen LogP contribution in [0, 0.1) is 17.8 Å². The van der Waals surface area contributed by atoms with Crippen LogP contribution < -0.4 is 5.32 Å². The van der Waals surface area contributed by atoms with E-state index in [0.717, 1.165) is 17.8 Å². The van der Waals surface area contributed by atoms with Gasteiger partial charge in [0.25, 0.3) is 0 Å². The third-order valence-electron chi connectivity index (χ3n) is 2.64. The normalized spacial score (nSPS) is 19.3. The highest BCUT2D eigenvalue weighted by Gasteiger charge is 2.26. The number of hydrogen-bond acceptors (Lipinski definition) is 2. The number of nitrogens with one attached hydrogen (secondary N) is 1. The molecule has 1 fully saturated rings. The lowest BCUT2D eigenvalue weighted by Gasteiger charge is -2.40. The summed E-state index contributed by atoms with van der Waals surface area (Å²) >= 11 is 0. The summed E-state index contributed by atoms with van der Waals surface area (Å²) < 4.78 is 0. The maximum absolute atomic E-state index is 3.53. The van der Waals surface area contributed by atoms with E-state index in [1.165, 1.54) is 32.7 Å². The molecule has 1 saturated heterocycles. The predicted molar refractivity (Wildman–Crippen MR) is 62.5 cm³/mol. The Morgan fingerprint density at radius 3 is 2.29 bits per heavy atom. The Hall–Kier alpha value is -0.0800. The van der Waals surface area contributed by atoms with Gasteiger partial charge in [0.15, 0.2) is 0 Å². The van der Waals surface area contributed by atoms with Crippen LogP contribution in [0.4, 0.5) is 0 Å². The predicted octanol–water partition coefficient (Wildman–Crippen LogP) is 1.82. The monoisotopic (exact) mass is 198 g/mol. The molecule has 0 saturated carbocycles. The van der Waals surface area contributed by atoms with Crippen molar-refractivity contribution < 1.29 is 0 Å². The van der Waals surface area contributed by atoms with Crippen LogP contribution in [0.1, 0.15) is 27.7 Å². The van der Waals surface area contributed by atoms with E-state index in [4.69, 9.17) is 0 Å². The average molecular weight is 198 g/mol. The molecule has 2 heteroatoms. The maximum atomic E-state index is 3.53. The molecule has 0 aliphatic carbocycles. The summed E-state index contributed by atoms with van der Waals surface area (Å²) in [6, 6.07) is 0. The molecule has 0 aromatic heterocycles. The third kappa shape index (κ3) is 4.43. The van der Waals surface area contributed by atoms with Gasteiger partial charge in [-0.1, -0.05) is 27.7 Å². The number of nitrogens with zero attached hydrogens (tertiary/aromatic N) is 1. The molecule has 0 radical (unpaired) electrons. The summed E-state index contributed by atoms with van der Waals surface area (Å²) in [5.74, 6) is 2.51. The lowest BCUT2D eigenvalue weighted by molar-refractivity contribution is 0.0862. The van der Waals surface area contributed by atoms with Gasteiger partial charge in [0.2, 0.25) is 0 Å². The van der Waals surface area contributed by atoms with E-state index in [1.807, 2.05) is 0 Å². The molecular weight excluding hydrogens is 172 g/mol. The Morgan fingerprint density at radius 2 is 1.79 bits per heavy atom. The van der Waals surface area contributed by atoms with Crippen LogP contribution >= 0.6 is 0 Å². The standard InChI is InChI=1S/C12H26N2/c1-10(2)5-13-6-12-8-14(9-12)7-11(3)4/h10-13H,5-9H2,1-4H3. The van der Waals surface area contributed by atoms with E-state index in [0.29, 0.717) is 0 Å². The minimum Gasteiger partial charge on any atom is -0.316 e. The first-order valence-corrected chi connectivity index (χ1v) is 6.01. The summed E-state index contributed by atoms with van der Waals surface area (Å²) in [5.41, 5.74) is 0. The molecule has 2 nitrogen and oxygen atoms in total. The van der Waals surface area contributed by atoms with Crippen LogP contribution in [0.3, 0.4) is 0 Å². The zero-order valence-corrected chi connectivity index (χ0v) is 10.2. The molecule has 1 rings (SSSR count).